The van der Waals surface area contributed by atoms with Crippen LogP contribution in [0.3, 0.4) is 0 Å². The number of fused-ring (bicyclic) bond motifs is 1. The fourth-order valence-electron chi connectivity index (χ4n) is 4.10. The molecule has 1 fully saturated rings. The number of anilines is 3. The molecule has 0 bridgehead atoms. The van der Waals surface area contributed by atoms with E-state index in [1.54, 1.807) is 6.07 Å². The van der Waals surface area contributed by atoms with Crippen LogP contribution in [0.25, 0.3) is 10.9 Å². The van der Waals surface area contributed by atoms with Crippen LogP contribution in [0, 0.1) is 0 Å². The van der Waals surface area contributed by atoms with Crippen molar-refractivity contribution in [1.82, 2.24) is 14.8 Å². The average Bonchev–Trinajstić information content (AvgIpc) is 2.75. The first-order chi connectivity index (χ1) is 15.0. The minimum absolute atomic E-state index is 0.00426. The summed E-state index contributed by atoms with van der Waals surface area (Å²) in [6.45, 7) is 2.31. The first kappa shape index (κ1) is 21.1. The Kier molecular flexibility index (Phi) is 6.34. The molecule has 162 valence electrons. The van der Waals surface area contributed by atoms with Crippen molar-refractivity contribution in [2.24, 2.45) is 0 Å². The molecule has 2 heterocycles. The molecule has 0 radical (unpaired) electrons. The molecule has 0 atom stereocenters. The molecule has 1 aliphatic heterocycles. The van der Waals surface area contributed by atoms with Crippen LogP contribution in [0.4, 0.5) is 17.1 Å². The van der Waals surface area contributed by atoms with Gasteiger partial charge in [-0.25, -0.2) is 0 Å². The average molecular weight is 420 g/mol. The molecule has 0 spiro atoms. The summed E-state index contributed by atoms with van der Waals surface area (Å²) in [4.78, 5) is 31.7. The SMILES string of the molecule is CN(C)C1CCN(CC(=O)Nc2ccc(Nc3cc(=O)[nH]c4ccccc34)cc2)CC1. The van der Waals surface area contributed by atoms with E-state index in [-0.39, 0.29) is 11.5 Å². The fraction of sp³-hybridized carbons (Fsp3) is 0.333. The maximum absolute atomic E-state index is 12.4. The number of rotatable bonds is 6. The Morgan fingerprint density at radius 1 is 1.06 bits per heavy atom. The molecule has 0 saturated carbocycles. The zero-order valence-electron chi connectivity index (χ0n) is 18.0. The minimum Gasteiger partial charge on any atom is -0.355 e. The number of piperidine rings is 1. The third-order valence-electron chi connectivity index (χ3n) is 5.85. The quantitative estimate of drug-likeness (QED) is 0.572. The second-order valence-electron chi connectivity index (χ2n) is 8.31. The van der Waals surface area contributed by atoms with Crippen molar-refractivity contribution in [3.63, 3.8) is 0 Å². The molecular weight excluding hydrogens is 390 g/mol. The standard InChI is InChI=1S/C24H29N5O2/c1-28(2)19-11-13-29(14-12-19)16-24(31)26-18-9-7-17(8-10-18)25-22-15-23(30)27-21-6-4-3-5-20(21)22/h3-10,15,19H,11-14,16H2,1-2H3,(H,26,31)(H2,25,27,30). The van der Waals surface area contributed by atoms with Gasteiger partial charge in [0.25, 0.3) is 0 Å². The number of carbonyl (C=O) groups excluding carboxylic acids is 1. The van der Waals surface area contributed by atoms with Crippen molar-refractivity contribution in [2.75, 3.05) is 44.4 Å². The number of pyridine rings is 1. The van der Waals surface area contributed by atoms with Crippen LogP contribution in [-0.4, -0.2) is 60.5 Å². The molecule has 2 aromatic carbocycles. The summed E-state index contributed by atoms with van der Waals surface area (Å²) in [5.41, 5.74) is 2.99. The van der Waals surface area contributed by atoms with Gasteiger partial charge in [0.2, 0.25) is 11.5 Å². The molecule has 3 N–H and O–H groups in total. The molecule has 0 unspecified atom stereocenters. The minimum atomic E-state index is -0.153. The topological polar surface area (TPSA) is 80.5 Å². The van der Waals surface area contributed by atoms with E-state index in [9.17, 15) is 9.59 Å². The lowest BCUT2D eigenvalue weighted by molar-refractivity contribution is -0.117. The van der Waals surface area contributed by atoms with Gasteiger partial charge < -0.3 is 20.5 Å². The second-order valence-corrected chi connectivity index (χ2v) is 8.31. The normalized spacial score (nSPS) is 15.3. The molecule has 1 saturated heterocycles. The molecule has 3 aromatic rings. The summed E-state index contributed by atoms with van der Waals surface area (Å²) >= 11 is 0. The van der Waals surface area contributed by atoms with Crippen LogP contribution in [0.5, 0.6) is 0 Å². The molecule has 7 nitrogen and oxygen atoms in total. The molecule has 1 aromatic heterocycles. The van der Waals surface area contributed by atoms with Crippen LogP contribution in [-0.2, 0) is 4.79 Å². The number of nitrogens with one attached hydrogen (secondary N) is 3. The highest BCUT2D eigenvalue weighted by atomic mass is 16.2. The molecule has 1 amide bonds. The number of para-hydroxylation sites is 1. The van der Waals surface area contributed by atoms with Crippen LogP contribution in [0.15, 0.2) is 59.4 Å². The van der Waals surface area contributed by atoms with Gasteiger partial charge >= 0.3 is 0 Å². The van der Waals surface area contributed by atoms with Crippen molar-refractivity contribution < 1.29 is 4.79 Å². The predicted octanol–water partition coefficient (Wildman–Crippen LogP) is 3.24. The smallest absolute Gasteiger partial charge is 0.250 e. The lowest BCUT2D eigenvalue weighted by atomic mass is 10.0. The number of nitrogens with zero attached hydrogens (tertiary/aromatic N) is 2. The highest BCUT2D eigenvalue weighted by Gasteiger charge is 2.21. The summed E-state index contributed by atoms with van der Waals surface area (Å²) < 4.78 is 0. The highest BCUT2D eigenvalue weighted by Crippen LogP contribution is 2.24. The summed E-state index contributed by atoms with van der Waals surface area (Å²) in [5.74, 6) is 0.00426. The summed E-state index contributed by atoms with van der Waals surface area (Å²) in [6.07, 6.45) is 2.19. The Hall–Kier alpha value is -3.16. The lowest BCUT2D eigenvalue weighted by Crippen LogP contribution is -2.44. The molecule has 31 heavy (non-hydrogen) atoms. The Balaban J connectivity index is 1.35. The van der Waals surface area contributed by atoms with Crippen molar-refractivity contribution in [3.05, 3.63) is 65.0 Å². The zero-order valence-corrected chi connectivity index (χ0v) is 18.0. The van der Waals surface area contributed by atoms with Gasteiger partial charge in [0.1, 0.15) is 0 Å². The van der Waals surface area contributed by atoms with E-state index in [1.165, 1.54) is 0 Å². The maximum atomic E-state index is 12.4. The number of likely N-dealkylation sites (tertiary alicyclic amines) is 1. The van der Waals surface area contributed by atoms with Crippen LogP contribution in [0.1, 0.15) is 12.8 Å². The van der Waals surface area contributed by atoms with Gasteiger partial charge in [0, 0.05) is 42.0 Å². The van der Waals surface area contributed by atoms with Crippen molar-refractivity contribution in [1.29, 1.82) is 0 Å². The second kappa shape index (κ2) is 9.32. The number of aromatic nitrogens is 1. The zero-order chi connectivity index (χ0) is 21.8. The van der Waals surface area contributed by atoms with Crippen LogP contribution >= 0.6 is 0 Å². The van der Waals surface area contributed by atoms with Crippen molar-refractivity contribution in [3.8, 4) is 0 Å². The third-order valence-corrected chi connectivity index (χ3v) is 5.85. The van der Waals surface area contributed by atoms with E-state index < -0.39 is 0 Å². The molecule has 4 rings (SSSR count). The van der Waals surface area contributed by atoms with E-state index in [4.69, 9.17) is 0 Å². The Labute approximate surface area is 182 Å². The molecule has 1 aliphatic rings. The van der Waals surface area contributed by atoms with E-state index in [0.29, 0.717) is 12.6 Å². The Morgan fingerprint density at radius 2 is 1.74 bits per heavy atom. The van der Waals surface area contributed by atoms with Crippen LogP contribution in [0.2, 0.25) is 0 Å². The first-order valence-electron chi connectivity index (χ1n) is 10.7. The largest absolute Gasteiger partial charge is 0.355 e. The van der Waals surface area contributed by atoms with Gasteiger partial charge in [-0.3, -0.25) is 14.5 Å². The monoisotopic (exact) mass is 419 g/mol. The Bertz CT molecular complexity index is 1100. The van der Waals surface area contributed by atoms with Gasteiger partial charge in [-0.15, -0.1) is 0 Å². The fourth-order valence-corrected chi connectivity index (χ4v) is 4.10. The molecule has 0 aliphatic carbocycles. The van der Waals surface area contributed by atoms with Crippen molar-refractivity contribution >= 4 is 33.9 Å². The molecule has 7 heteroatoms. The van der Waals surface area contributed by atoms with Gasteiger partial charge in [-0.05, 0) is 57.3 Å². The number of H-pyrrole nitrogens is 1. The summed E-state index contributed by atoms with van der Waals surface area (Å²) in [7, 11) is 4.23. The number of hydrogen-bond donors (Lipinski definition) is 3. The van der Waals surface area contributed by atoms with E-state index in [1.807, 2.05) is 48.5 Å². The lowest BCUT2D eigenvalue weighted by Gasteiger charge is -2.34. The van der Waals surface area contributed by atoms with Crippen LogP contribution < -0.4 is 16.2 Å². The van der Waals surface area contributed by atoms with Gasteiger partial charge in [0.15, 0.2) is 0 Å². The maximum Gasteiger partial charge on any atom is 0.250 e. The number of aromatic amines is 1. The first-order valence-corrected chi connectivity index (χ1v) is 10.7. The third kappa shape index (κ3) is 5.31. The number of benzene rings is 2. The van der Waals surface area contributed by atoms with Gasteiger partial charge in [-0.2, -0.15) is 0 Å². The number of hydrogen-bond acceptors (Lipinski definition) is 5. The number of amides is 1. The van der Waals surface area contributed by atoms with Gasteiger partial charge in [-0.1, -0.05) is 18.2 Å². The highest BCUT2D eigenvalue weighted by molar-refractivity contribution is 5.94. The summed E-state index contributed by atoms with van der Waals surface area (Å²) in [5, 5.41) is 7.22. The molecular formula is C24H29N5O2. The van der Waals surface area contributed by atoms with E-state index in [0.717, 1.165) is 53.9 Å². The Morgan fingerprint density at radius 3 is 2.45 bits per heavy atom. The van der Waals surface area contributed by atoms with Crippen molar-refractivity contribution in [2.45, 2.75) is 18.9 Å². The number of carbonyl (C=O) groups is 1. The summed E-state index contributed by atoms with van der Waals surface area (Å²) in [6, 6.07) is 17.4. The van der Waals surface area contributed by atoms with E-state index >= 15 is 0 Å². The predicted molar refractivity (Wildman–Crippen MR) is 126 cm³/mol. The van der Waals surface area contributed by atoms with Gasteiger partial charge in [0.05, 0.1) is 17.7 Å². The van der Waals surface area contributed by atoms with E-state index in [2.05, 4.69) is 39.5 Å².